The second-order valence-corrected chi connectivity index (χ2v) is 27.5. The number of benzene rings is 2. The predicted molar refractivity (Wildman–Crippen MR) is 333 cm³/mol. The molecular formula is C56H71N7O21S6. The third kappa shape index (κ3) is 21.3. The SMILES string of the molecule is CCCNC(=O)c1cc(C(=O)NCC)c2c(c1)N(CCCCCC(=O)O)/C(=C/C=C/C=C/C1=[N+](CCCS(=O)(=O)[O-])c3c(cc(-c4cc(C(=O)NCCS(=O)(=O)O)nc(C(=O)NCCS(=O)(=O)O)c4)c4sccc34)[C@]1(C)CCC)C2(C)C.O=S(=O)=O.O=S(=O)=O. The van der Waals surface area contributed by atoms with Crippen LogP contribution in [0.3, 0.4) is 0 Å². The summed E-state index contributed by atoms with van der Waals surface area (Å²) in [5, 5.41) is 22.5. The number of hydrogen-bond donors (Lipinski definition) is 7. The standard InChI is InChI=1S/C56H71N7O15S4.2O3S/c1-7-21-56(6)41-35-39(36-32-42(53(68)59-23-29-81(73,74)75)61-43(33-36)54(69)60-24-30-82(76,77)78)50-38(20-27-79-50)49(41)63(26-16-28-80(70,71)72)46(56)18-13-10-12-17-45-55(4,5)48-40(52(67)57-9-3)31-37(51(66)58-22-8-2)34-44(48)62(45)25-15-11-14-19-47(64)65;2*1-4(2)3/h10,12-13,17-18,20,27,31-35H,7-9,11,14-16,19,21-26,28-30H2,1-6H3,(H7-,57,58,59,60,64,65,66,67,68,69,70,71,72,73,74,75,76,77,78);;/t56-;;/m0../s1. The molecule has 0 fully saturated rings. The minimum absolute atomic E-state index is 0.0169. The van der Waals surface area contributed by atoms with Gasteiger partial charge in [-0.05, 0) is 92.9 Å². The molecule has 0 bridgehead atoms. The van der Waals surface area contributed by atoms with Gasteiger partial charge in [0.05, 0.1) is 32.4 Å². The van der Waals surface area contributed by atoms with Gasteiger partial charge in [-0.3, -0.25) is 33.1 Å². The number of nitrogens with one attached hydrogen (secondary N) is 4. The highest BCUT2D eigenvalue weighted by Gasteiger charge is 2.49. The summed E-state index contributed by atoms with van der Waals surface area (Å²) >= 11 is 1.33. The fraction of sp³-hybridized carbons (Fsp3) is 0.446. The lowest BCUT2D eigenvalue weighted by Crippen LogP contribution is -2.32. The Morgan fingerprint density at radius 2 is 1.31 bits per heavy atom. The van der Waals surface area contributed by atoms with Crippen molar-refractivity contribution in [1.82, 2.24) is 26.3 Å². The van der Waals surface area contributed by atoms with Crippen LogP contribution in [0, 0.1) is 0 Å². The van der Waals surface area contributed by atoms with Crippen molar-refractivity contribution in [3.05, 3.63) is 111 Å². The summed E-state index contributed by atoms with van der Waals surface area (Å²) in [7, 11) is -19.8. The van der Waals surface area contributed by atoms with Crippen LogP contribution in [0.1, 0.15) is 146 Å². The molecule has 0 aliphatic carbocycles. The molecule has 0 unspecified atom stereocenters. The number of carbonyl (C=O) groups is 5. The molecule has 0 saturated carbocycles. The van der Waals surface area contributed by atoms with Gasteiger partial charge < -0.3 is 35.8 Å². The van der Waals surface area contributed by atoms with Gasteiger partial charge >= 0.3 is 27.2 Å². The van der Waals surface area contributed by atoms with Crippen LogP contribution in [0.25, 0.3) is 21.2 Å². The number of pyridine rings is 1. The Kier molecular flexibility index (Phi) is 27.5. The lowest BCUT2D eigenvalue weighted by atomic mass is 9.74. The van der Waals surface area contributed by atoms with E-state index in [2.05, 4.69) is 31.2 Å². The maximum absolute atomic E-state index is 13.9. The van der Waals surface area contributed by atoms with Crippen LogP contribution in [0.15, 0.2) is 77.9 Å². The first kappa shape index (κ1) is 75.0. The first-order valence-electron chi connectivity index (χ1n) is 28.0. The molecule has 7 N–H and O–H groups in total. The molecule has 1 atom stereocenters. The number of carboxylic acids is 1. The van der Waals surface area contributed by atoms with E-state index in [0.29, 0.717) is 96.2 Å². The lowest BCUT2D eigenvalue weighted by molar-refractivity contribution is -0.435. The number of aromatic nitrogens is 1. The minimum Gasteiger partial charge on any atom is -0.748 e. The molecule has 28 nitrogen and oxygen atoms in total. The maximum Gasteiger partial charge on any atom is 0.425 e. The highest BCUT2D eigenvalue weighted by molar-refractivity contribution is 7.86. The van der Waals surface area contributed by atoms with Crippen molar-refractivity contribution >= 4 is 120 Å². The number of carboxylic acid groups (broad SMARTS) is 1. The van der Waals surface area contributed by atoms with Crippen molar-refractivity contribution in [3.8, 4) is 11.1 Å². The average Bonchev–Trinajstić information content (AvgIpc) is 1.56. The molecule has 0 spiro atoms. The Hall–Kier alpha value is -7.44. The van der Waals surface area contributed by atoms with Gasteiger partial charge in [0.25, 0.3) is 43.9 Å². The second kappa shape index (κ2) is 33.0. The number of aliphatic carboxylic acids is 1. The van der Waals surface area contributed by atoms with E-state index in [-0.39, 0.29) is 42.6 Å². The van der Waals surface area contributed by atoms with Crippen LogP contribution in [0.2, 0.25) is 0 Å². The number of thiophene rings is 1. The Balaban J connectivity index is 0.00000204. The minimum atomic E-state index is -4.62. The predicted octanol–water partition coefficient (Wildman–Crippen LogP) is 4.61. The van der Waals surface area contributed by atoms with E-state index in [4.69, 9.17) is 25.3 Å². The molecule has 2 aromatic heterocycles. The average molecular weight is 1370 g/mol. The third-order valence-corrected chi connectivity index (χ3v) is 17.4. The Morgan fingerprint density at radius 1 is 0.722 bits per heavy atom. The topological polar surface area (TPSA) is 441 Å². The van der Waals surface area contributed by atoms with Gasteiger partial charge in [-0.25, -0.2) is 13.4 Å². The van der Waals surface area contributed by atoms with E-state index in [1.807, 2.05) is 94.0 Å². The van der Waals surface area contributed by atoms with Gasteiger partial charge in [0.15, 0.2) is 5.71 Å². The zero-order valence-electron chi connectivity index (χ0n) is 49.9. The Labute approximate surface area is 528 Å². The van der Waals surface area contributed by atoms with Gasteiger partial charge in [-0.1, -0.05) is 58.8 Å². The van der Waals surface area contributed by atoms with Crippen molar-refractivity contribution in [1.29, 1.82) is 0 Å². The zero-order valence-corrected chi connectivity index (χ0v) is 54.8. The van der Waals surface area contributed by atoms with Crippen LogP contribution in [-0.4, -0.2) is 171 Å². The van der Waals surface area contributed by atoms with E-state index >= 15 is 0 Å². The Bertz CT molecular complexity index is 4000. The van der Waals surface area contributed by atoms with Crippen LogP contribution >= 0.6 is 11.3 Å². The van der Waals surface area contributed by atoms with E-state index < -0.39 is 111 Å². The van der Waals surface area contributed by atoms with E-state index in [1.54, 1.807) is 12.1 Å². The number of rotatable bonds is 29. The molecule has 2 aliphatic rings. The Morgan fingerprint density at radius 3 is 1.84 bits per heavy atom. The van der Waals surface area contributed by atoms with E-state index in [0.717, 1.165) is 28.2 Å². The summed E-state index contributed by atoms with van der Waals surface area (Å²) in [6.45, 7) is 12.2. The summed E-state index contributed by atoms with van der Waals surface area (Å²) < 4.78 is 154. The van der Waals surface area contributed by atoms with Crippen molar-refractivity contribution in [3.63, 3.8) is 0 Å². The highest BCUT2D eigenvalue weighted by atomic mass is 32.2. The smallest absolute Gasteiger partial charge is 0.425 e. The molecule has 0 saturated heterocycles. The number of nitrogens with zero attached hydrogens (tertiary/aromatic N) is 3. The molecule has 4 amide bonds. The summed E-state index contributed by atoms with van der Waals surface area (Å²) in [5.41, 5.74) is 3.83. The van der Waals surface area contributed by atoms with Crippen LogP contribution in [0.5, 0.6) is 0 Å². The fourth-order valence-electron chi connectivity index (χ4n) is 10.6. The molecule has 6 rings (SSSR count). The zero-order chi connectivity index (χ0) is 67.5. The molecular weight excluding hydrogens is 1300 g/mol. The van der Waals surface area contributed by atoms with Crippen LogP contribution in [-0.2, 0) is 67.2 Å². The van der Waals surface area contributed by atoms with Gasteiger partial charge in [-0.15, -0.1) is 36.6 Å². The summed E-state index contributed by atoms with van der Waals surface area (Å²) in [6.07, 6.45) is 13.0. The van der Waals surface area contributed by atoms with Crippen molar-refractivity contribution in [2.75, 3.05) is 61.4 Å². The number of hydrogen-bond acceptors (Lipinski definition) is 21. The van der Waals surface area contributed by atoms with Gasteiger partial charge in [-0.2, -0.15) is 21.4 Å². The molecule has 4 aromatic rings. The van der Waals surface area contributed by atoms with Crippen LogP contribution in [0.4, 0.5) is 11.4 Å². The highest BCUT2D eigenvalue weighted by Crippen LogP contribution is 2.52. The lowest BCUT2D eigenvalue weighted by Gasteiger charge is -2.27. The van der Waals surface area contributed by atoms with Crippen molar-refractivity contribution in [2.45, 2.75) is 104 Å². The number of allylic oxidation sites excluding steroid dienone is 6. The number of unbranched alkanes of at least 4 members (excludes halogenated alkanes) is 2. The van der Waals surface area contributed by atoms with Gasteiger partial charge in [0.1, 0.15) is 17.9 Å². The normalized spacial score (nSPS) is 15.6. The first-order valence-corrected chi connectivity index (χ1v) is 35.6. The number of amides is 4. The molecule has 0 radical (unpaired) electrons. The molecule has 2 aromatic carbocycles. The fourth-order valence-corrected chi connectivity index (χ4v) is 12.7. The summed E-state index contributed by atoms with van der Waals surface area (Å²) in [4.78, 5) is 72.2. The molecule has 34 heteroatoms. The second-order valence-electron chi connectivity index (χ2n) is 21.1. The van der Waals surface area contributed by atoms with Gasteiger partial charge in [0, 0.05) is 107 Å². The number of carbonyl (C=O) groups excluding carboxylic acids is 4. The van der Waals surface area contributed by atoms with Crippen molar-refractivity contribution in [2.24, 2.45) is 0 Å². The number of anilines is 1. The van der Waals surface area contributed by atoms with Crippen molar-refractivity contribution < 1.29 is 97.8 Å². The van der Waals surface area contributed by atoms with Gasteiger partial charge in [0.2, 0.25) is 5.69 Å². The van der Waals surface area contributed by atoms with Crippen LogP contribution < -0.4 is 26.2 Å². The quantitative estimate of drug-likeness (QED) is 0.0169. The monoisotopic (exact) mass is 1370 g/mol. The summed E-state index contributed by atoms with van der Waals surface area (Å²) in [6, 6.07) is 10.0. The van der Waals surface area contributed by atoms with E-state index in [1.165, 1.54) is 23.5 Å². The largest absolute Gasteiger partial charge is 0.748 e. The molecule has 90 heavy (non-hydrogen) atoms. The molecule has 492 valence electrons. The molecule has 4 heterocycles. The summed E-state index contributed by atoms with van der Waals surface area (Å²) in [5.74, 6) is -5.61. The number of fused-ring (bicyclic) bond motifs is 4. The van der Waals surface area contributed by atoms with E-state index in [9.17, 15) is 68.0 Å². The third-order valence-electron chi connectivity index (χ3n) is 14.2. The molecule has 2 aliphatic heterocycles. The first-order chi connectivity index (χ1) is 42.0. The maximum atomic E-state index is 13.9.